The Morgan fingerprint density at radius 2 is 1.81 bits per heavy atom. The highest BCUT2D eigenvalue weighted by Crippen LogP contribution is 2.06. The maximum absolute atomic E-state index is 12.8. The zero-order chi connectivity index (χ0) is 14.8. The minimum Gasteiger partial charge on any atom is -0.292 e. The molecule has 0 N–H and O–H groups in total. The van der Waals surface area contributed by atoms with Crippen molar-refractivity contribution in [3.05, 3.63) is 70.3 Å². The largest absolute Gasteiger partial charge is 0.292 e. The van der Waals surface area contributed by atoms with E-state index < -0.39 is 5.82 Å². The van der Waals surface area contributed by atoms with Gasteiger partial charge in [-0.1, -0.05) is 17.3 Å². The molecule has 104 valence electrons. The number of carbonyl (C=O) groups is 1. The van der Waals surface area contributed by atoms with Crippen LogP contribution < -0.4 is 5.56 Å². The van der Waals surface area contributed by atoms with E-state index in [0.717, 1.165) is 4.68 Å². The van der Waals surface area contributed by atoms with E-state index in [4.69, 9.17) is 0 Å². The van der Waals surface area contributed by atoms with Gasteiger partial charge < -0.3 is 0 Å². The maximum Gasteiger partial charge on any atom is 0.278 e. The SMILES string of the molecule is O=C(Cn1nnc2ccccc2c1=O)c1ccc(F)cc1. The maximum atomic E-state index is 12.8. The summed E-state index contributed by atoms with van der Waals surface area (Å²) in [7, 11) is 0. The van der Waals surface area contributed by atoms with Crippen LogP contribution in [-0.2, 0) is 6.54 Å². The van der Waals surface area contributed by atoms with Crippen LogP contribution in [0.3, 0.4) is 0 Å². The van der Waals surface area contributed by atoms with E-state index in [-0.39, 0.29) is 17.9 Å². The standard InChI is InChI=1S/C15H10FN3O2/c16-11-7-5-10(6-8-11)14(20)9-19-15(21)12-3-1-2-4-13(12)17-18-19/h1-8H,9H2. The van der Waals surface area contributed by atoms with Crippen molar-refractivity contribution in [1.29, 1.82) is 0 Å². The number of hydrogen-bond acceptors (Lipinski definition) is 4. The van der Waals surface area contributed by atoms with Gasteiger partial charge in [-0.25, -0.2) is 9.07 Å². The zero-order valence-corrected chi connectivity index (χ0v) is 10.9. The van der Waals surface area contributed by atoms with Crippen molar-refractivity contribution < 1.29 is 9.18 Å². The average Bonchev–Trinajstić information content (AvgIpc) is 2.51. The quantitative estimate of drug-likeness (QED) is 0.688. The smallest absolute Gasteiger partial charge is 0.278 e. The molecule has 0 radical (unpaired) electrons. The number of nitrogens with zero attached hydrogens (tertiary/aromatic N) is 3. The molecule has 0 fully saturated rings. The van der Waals surface area contributed by atoms with E-state index in [9.17, 15) is 14.0 Å². The first kappa shape index (κ1) is 13.1. The lowest BCUT2D eigenvalue weighted by Gasteiger charge is -2.04. The minimum atomic E-state index is -0.422. The molecule has 5 nitrogen and oxygen atoms in total. The second-order valence-corrected chi connectivity index (χ2v) is 4.50. The first-order chi connectivity index (χ1) is 10.1. The highest BCUT2D eigenvalue weighted by atomic mass is 19.1. The number of benzene rings is 2. The summed E-state index contributed by atoms with van der Waals surface area (Å²) >= 11 is 0. The third-order valence-electron chi connectivity index (χ3n) is 3.09. The summed E-state index contributed by atoms with van der Waals surface area (Å²) in [4.78, 5) is 24.3. The second-order valence-electron chi connectivity index (χ2n) is 4.50. The van der Waals surface area contributed by atoms with E-state index in [1.165, 1.54) is 24.3 Å². The van der Waals surface area contributed by atoms with Crippen LogP contribution in [-0.4, -0.2) is 20.8 Å². The van der Waals surface area contributed by atoms with Gasteiger partial charge >= 0.3 is 0 Å². The van der Waals surface area contributed by atoms with Gasteiger partial charge in [-0.3, -0.25) is 9.59 Å². The first-order valence-electron chi connectivity index (χ1n) is 6.26. The predicted molar refractivity (Wildman–Crippen MR) is 74.5 cm³/mol. The molecule has 21 heavy (non-hydrogen) atoms. The van der Waals surface area contributed by atoms with Crippen LogP contribution in [0.15, 0.2) is 53.3 Å². The van der Waals surface area contributed by atoms with Crippen LogP contribution in [0.25, 0.3) is 10.9 Å². The lowest BCUT2D eigenvalue weighted by atomic mass is 10.1. The number of Topliss-reactive ketones (excluding diaryl/α,β-unsaturated/α-hetero) is 1. The Morgan fingerprint density at radius 1 is 1.10 bits per heavy atom. The molecule has 6 heteroatoms. The molecule has 0 amide bonds. The average molecular weight is 283 g/mol. The molecule has 0 aliphatic carbocycles. The van der Waals surface area contributed by atoms with Crippen LogP contribution in [0.4, 0.5) is 4.39 Å². The van der Waals surface area contributed by atoms with Crippen molar-refractivity contribution >= 4 is 16.7 Å². The third kappa shape index (κ3) is 2.55. The number of carbonyl (C=O) groups excluding carboxylic acids is 1. The molecular weight excluding hydrogens is 273 g/mol. The van der Waals surface area contributed by atoms with Crippen LogP contribution in [0, 0.1) is 5.82 Å². The van der Waals surface area contributed by atoms with Crippen molar-refractivity contribution in [3.8, 4) is 0 Å². The van der Waals surface area contributed by atoms with E-state index >= 15 is 0 Å². The number of rotatable bonds is 3. The van der Waals surface area contributed by atoms with Gasteiger partial charge in [0.05, 0.1) is 5.39 Å². The van der Waals surface area contributed by atoms with Crippen molar-refractivity contribution in [2.45, 2.75) is 6.54 Å². The molecule has 0 bridgehead atoms. The fourth-order valence-electron chi connectivity index (χ4n) is 1.99. The lowest BCUT2D eigenvalue weighted by Crippen LogP contribution is -2.27. The first-order valence-corrected chi connectivity index (χ1v) is 6.26. The molecule has 0 atom stereocenters. The number of aromatic nitrogens is 3. The van der Waals surface area contributed by atoms with Crippen LogP contribution in [0.5, 0.6) is 0 Å². The second kappa shape index (κ2) is 5.24. The van der Waals surface area contributed by atoms with Crippen LogP contribution >= 0.6 is 0 Å². The molecule has 1 aromatic heterocycles. The van der Waals surface area contributed by atoms with Gasteiger partial charge in [0.25, 0.3) is 5.56 Å². The molecule has 0 saturated carbocycles. The fraction of sp³-hybridized carbons (Fsp3) is 0.0667. The van der Waals surface area contributed by atoms with Gasteiger partial charge in [-0.15, -0.1) is 5.10 Å². The zero-order valence-electron chi connectivity index (χ0n) is 10.9. The molecular formula is C15H10FN3O2. The highest BCUT2D eigenvalue weighted by molar-refractivity contribution is 5.95. The van der Waals surface area contributed by atoms with E-state index in [2.05, 4.69) is 10.3 Å². The molecule has 0 spiro atoms. The molecule has 3 rings (SSSR count). The molecule has 0 saturated heterocycles. The summed E-state index contributed by atoms with van der Waals surface area (Å²) in [6.07, 6.45) is 0. The lowest BCUT2D eigenvalue weighted by molar-refractivity contribution is 0.0964. The monoisotopic (exact) mass is 283 g/mol. The Morgan fingerprint density at radius 3 is 2.57 bits per heavy atom. The summed E-state index contributed by atoms with van der Waals surface area (Å²) < 4.78 is 13.8. The minimum absolute atomic E-state index is 0.234. The van der Waals surface area contributed by atoms with Gasteiger partial charge in [0.15, 0.2) is 5.78 Å². The summed E-state index contributed by atoms with van der Waals surface area (Å²) in [6.45, 7) is -0.234. The van der Waals surface area contributed by atoms with Crippen molar-refractivity contribution in [2.75, 3.05) is 0 Å². The van der Waals surface area contributed by atoms with Gasteiger partial charge in [0.2, 0.25) is 0 Å². The number of hydrogen-bond donors (Lipinski definition) is 0. The molecule has 0 aliphatic heterocycles. The Kier molecular flexibility index (Phi) is 3.27. The fourth-order valence-corrected chi connectivity index (χ4v) is 1.99. The topological polar surface area (TPSA) is 64.8 Å². The van der Waals surface area contributed by atoms with Crippen molar-refractivity contribution in [3.63, 3.8) is 0 Å². The van der Waals surface area contributed by atoms with E-state index in [1.54, 1.807) is 24.3 Å². The Balaban J connectivity index is 1.95. The molecule has 1 heterocycles. The number of fused-ring (bicyclic) bond motifs is 1. The number of halogens is 1. The highest BCUT2D eigenvalue weighted by Gasteiger charge is 2.11. The summed E-state index contributed by atoms with van der Waals surface area (Å²) in [6, 6.07) is 11.9. The predicted octanol–water partition coefficient (Wildman–Crippen LogP) is 1.81. The van der Waals surface area contributed by atoms with Gasteiger partial charge in [-0.05, 0) is 36.4 Å². The Labute approximate surface area is 118 Å². The van der Waals surface area contributed by atoms with Gasteiger partial charge in [0.1, 0.15) is 17.9 Å². The molecule has 0 aliphatic rings. The van der Waals surface area contributed by atoms with Crippen LogP contribution in [0.2, 0.25) is 0 Å². The molecule has 0 unspecified atom stereocenters. The Hall–Kier alpha value is -2.89. The summed E-state index contributed by atoms with van der Waals surface area (Å²) in [5.74, 6) is -0.754. The summed E-state index contributed by atoms with van der Waals surface area (Å²) in [5, 5.41) is 8.05. The van der Waals surface area contributed by atoms with E-state index in [0.29, 0.717) is 16.5 Å². The van der Waals surface area contributed by atoms with Crippen molar-refractivity contribution in [2.24, 2.45) is 0 Å². The normalized spacial score (nSPS) is 10.7. The van der Waals surface area contributed by atoms with E-state index in [1.807, 2.05) is 0 Å². The third-order valence-corrected chi connectivity index (χ3v) is 3.09. The van der Waals surface area contributed by atoms with Gasteiger partial charge in [0, 0.05) is 5.56 Å². The summed E-state index contributed by atoms with van der Waals surface area (Å²) in [5.41, 5.74) is 0.419. The van der Waals surface area contributed by atoms with Crippen LogP contribution in [0.1, 0.15) is 10.4 Å². The van der Waals surface area contributed by atoms with Gasteiger partial charge in [-0.2, -0.15) is 0 Å². The Bertz CT molecular complexity index is 872. The van der Waals surface area contributed by atoms with Crippen molar-refractivity contribution in [1.82, 2.24) is 15.0 Å². The molecule has 2 aromatic carbocycles. The molecule has 3 aromatic rings. The number of ketones is 1.